The van der Waals surface area contributed by atoms with Crippen LogP contribution in [0.25, 0.3) is 5.69 Å². The van der Waals surface area contributed by atoms with Crippen LogP contribution in [-0.2, 0) is 11.3 Å². The lowest BCUT2D eigenvalue weighted by Gasteiger charge is -2.30. The van der Waals surface area contributed by atoms with Gasteiger partial charge in [0.1, 0.15) is 5.15 Å². The molecule has 1 aliphatic rings. The zero-order valence-electron chi connectivity index (χ0n) is 12.4. The molecule has 0 bridgehead atoms. The quantitative estimate of drug-likeness (QED) is 0.873. The van der Waals surface area contributed by atoms with E-state index in [0.29, 0.717) is 5.15 Å². The van der Waals surface area contributed by atoms with Gasteiger partial charge in [-0.2, -0.15) is 5.10 Å². The van der Waals surface area contributed by atoms with Crippen LogP contribution in [0.15, 0.2) is 30.3 Å². The predicted molar refractivity (Wildman–Crippen MR) is 84.0 cm³/mol. The summed E-state index contributed by atoms with van der Waals surface area (Å²) in [4.78, 5) is 2.37. The summed E-state index contributed by atoms with van der Waals surface area (Å²) in [5.41, 5.74) is 3.09. The van der Waals surface area contributed by atoms with E-state index in [1.54, 1.807) is 0 Å². The van der Waals surface area contributed by atoms with E-state index < -0.39 is 0 Å². The molecule has 0 spiro atoms. The summed E-state index contributed by atoms with van der Waals surface area (Å²) < 4.78 is 7.40. The van der Waals surface area contributed by atoms with Gasteiger partial charge in [-0.15, -0.1) is 0 Å². The molecule has 0 amide bonds. The average molecular weight is 306 g/mol. The SMILES string of the molecule is Cc1nn(-c2ccccc2)c(Cl)c1CN1CCOC(C)C1. The van der Waals surface area contributed by atoms with E-state index in [0.717, 1.165) is 43.2 Å². The highest BCUT2D eigenvalue weighted by Crippen LogP contribution is 2.25. The molecule has 112 valence electrons. The Kier molecular flexibility index (Phi) is 4.29. The minimum absolute atomic E-state index is 0.280. The largest absolute Gasteiger partial charge is 0.376 e. The van der Waals surface area contributed by atoms with Crippen molar-refractivity contribution < 1.29 is 4.74 Å². The number of nitrogens with zero attached hydrogens (tertiary/aromatic N) is 3. The van der Waals surface area contributed by atoms with Crippen molar-refractivity contribution in [2.45, 2.75) is 26.5 Å². The van der Waals surface area contributed by atoms with E-state index in [-0.39, 0.29) is 6.10 Å². The Morgan fingerprint density at radius 1 is 1.33 bits per heavy atom. The number of aromatic nitrogens is 2. The maximum atomic E-state index is 6.56. The van der Waals surface area contributed by atoms with Crippen molar-refractivity contribution in [3.8, 4) is 5.69 Å². The first-order valence-corrected chi connectivity index (χ1v) is 7.66. The maximum absolute atomic E-state index is 6.56. The summed E-state index contributed by atoms with van der Waals surface area (Å²) in [5, 5.41) is 5.30. The zero-order chi connectivity index (χ0) is 14.8. The van der Waals surface area contributed by atoms with Gasteiger partial charge in [0.15, 0.2) is 0 Å². The van der Waals surface area contributed by atoms with Crippen molar-refractivity contribution in [1.82, 2.24) is 14.7 Å². The second kappa shape index (κ2) is 6.18. The van der Waals surface area contributed by atoms with Gasteiger partial charge in [0.05, 0.1) is 24.1 Å². The molecule has 5 heteroatoms. The molecule has 0 saturated carbocycles. The van der Waals surface area contributed by atoms with Crippen molar-refractivity contribution in [2.75, 3.05) is 19.7 Å². The first kappa shape index (κ1) is 14.6. The molecule has 3 rings (SSSR count). The summed E-state index contributed by atoms with van der Waals surface area (Å²) in [6.07, 6.45) is 0.280. The first-order valence-electron chi connectivity index (χ1n) is 7.28. The van der Waals surface area contributed by atoms with E-state index in [1.807, 2.05) is 41.9 Å². The van der Waals surface area contributed by atoms with Crippen LogP contribution >= 0.6 is 11.6 Å². The smallest absolute Gasteiger partial charge is 0.137 e. The molecule has 1 aromatic carbocycles. The first-order chi connectivity index (χ1) is 10.1. The normalized spacial score (nSPS) is 19.9. The molecule has 0 N–H and O–H groups in total. The molecule has 1 aromatic heterocycles. The third-order valence-electron chi connectivity index (χ3n) is 3.83. The Morgan fingerprint density at radius 3 is 2.81 bits per heavy atom. The Bertz CT molecular complexity index is 611. The monoisotopic (exact) mass is 305 g/mol. The lowest BCUT2D eigenvalue weighted by molar-refractivity contribution is -0.0212. The lowest BCUT2D eigenvalue weighted by atomic mass is 10.2. The predicted octanol–water partition coefficient (Wildman–Crippen LogP) is 3.05. The number of morpholine rings is 1. The van der Waals surface area contributed by atoms with Gasteiger partial charge >= 0.3 is 0 Å². The molecule has 2 heterocycles. The fourth-order valence-corrected chi connectivity index (χ4v) is 3.04. The number of ether oxygens (including phenoxy) is 1. The number of para-hydroxylation sites is 1. The molecule has 1 unspecified atom stereocenters. The van der Waals surface area contributed by atoms with Gasteiger partial charge in [-0.05, 0) is 26.0 Å². The average Bonchev–Trinajstić information content (AvgIpc) is 2.76. The van der Waals surface area contributed by atoms with E-state index in [9.17, 15) is 0 Å². The molecule has 1 fully saturated rings. The van der Waals surface area contributed by atoms with Crippen LogP contribution in [0.3, 0.4) is 0 Å². The van der Waals surface area contributed by atoms with Gasteiger partial charge < -0.3 is 4.74 Å². The standard InChI is InChI=1S/C16H20ClN3O/c1-12-10-19(8-9-21-12)11-15-13(2)18-20(16(15)17)14-6-4-3-5-7-14/h3-7,12H,8-11H2,1-2H3. The summed E-state index contributed by atoms with van der Waals surface area (Å²) in [6.45, 7) is 7.61. The van der Waals surface area contributed by atoms with Gasteiger partial charge in [0.25, 0.3) is 0 Å². The number of hydrogen-bond donors (Lipinski definition) is 0. The third kappa shape index (κ3) is 3.12. The number of aryl methyl sites for hydroxylation is 1. The van der Waals surface area contributed by atoms with Crippen LogP contribution in [0.1, 0.15) is 18.2 Å². The highest BCUT2D eigenvalue weighted by molar-refractivity contribution is 6.30. The molecule has 4 nitrogen and oxygen atoms in total. The van der Waals surface area contributed by atoms with Crippen LogP contribution < -0.4 is 0 Å². The van der Waals surface area contributed by atoms with Gasteiger partial charge in [0, 0.05) is 25.2 Å². The highest BCUT2D eigenvalue weighted by Gasteiger charge is 2.21. The summed E-state index contributed by atoms with van der Waals surface area (Å²) in [7, 11) is 0. The van der Waals surface area contributed by atoms with Crippen LogP contribution in [-0.4, -0.2) is 40.5 Å². The van der Waals surface area contributed by atoms with E-state index in [1.165, 1.54) is 0 Å². The summed E-state index contributed by atoms with van der Waals surface area (Å²) in [6, 6.07) is 10.00. The van der Waals surface area contributed by atoms with E-state index in [2.05, 4.69) is 16.9 Å². The molecule has 0 aliphatic carbocycles. The van der Waals surface area contributed by atoms with Crippen molar-refractivity contribution >= 4 is 11.6 Å². The van der Waals surface area contributed by atoms with Crippen molar-refractivity contribution in [1.29, 1.82) is 0 Å². The topological polar surface area (TPSA) is 30.3 Å². The molecule has 1 atom stereocenters. The lowest BCUT2D eigenvalue weighted by Crippen LogP contribution is -2.40. The summed E-state index contributed by atoms with van der Waals surface area (Å²) in [5.74, 6) is 0. The molecule has 2 aromatic rings. The minimum atomic E-state index is 0.280. The summed E-state index contributed by atoms with van der Waals surface area (Å²) >= 11 is 6.56. The van der Waals surface area contributed by atoms with E-state index in [4.69, 9.17) is 16.3 Å². The Hall–Kier alpha value is -1.36. The second-order valence-electron chi connectivity index (χ2n) is 5.52. The number of halogens is 1. The Labute approximate surface area is 130 Å². The van der Waals surface area contributed by atoms with Gasteiger partial charge in [0.2, 0.25) is 0 Å². The fourth-order valence-electron chi connectivity index (χ4n) is 2.71. The molecule has 1 aliphatic heterocycles. The highest BCUT2D eigenvalue weighted by atomic mass is 35.5. The van der Waals surface area contributed by atoms with Crippen molar-refractivity contribution in [3.05, 3.63) is 46.7 Å². The molecular weight excluding hydrogens is 286 g/mol. The zero-order valence-corrected chi connectivity index (χ0v) is 13.2. The Morgan fingerprint density at radius 2 is 2.10 bits per heavy atom. The molecule has 0 radical (unpaired) electrons. The van der Waals surface area contributed by atoms with Crippen LogP contribution in [0, 0.1) is 6.92 Å². The number of rotatable bonds is 3. The third-order valence-corrected chi connectivity index (χ3v) is 4.22. The fraction of sp³-hybridized carbons (Fsp3) is 0.438. The second-order valence-corrected chi connectivity index (χ2v) is 5.88. The van der Waals surface area contributed by atoms with Crippen molar-refractivity contribution in [2.24, 2.45) is 0 Å². The minimum Gasteiger partial charge on any atom is -0.376 e. The van der Waals surface area contributed by atoms with Gasteiger partial charge in [-0.1, -0.05) is 29.8 Å². The van der Waals surface area contributed by atoms with E-state index >= 15 is 0 Å². The molecular formula is C16H20ClN3O. The number of benzene rings is 1. The number of hydrogen-bond acceptors (Lipinski definition) is 3. The molecule has 1 saturated heterocycles. The van der Waals surface area contributed by atoms with Gasteiger partial charge in [-0.3, -0.25) is 4.90 Å². The van der Waals surface area contributed by atoms with Crippen LogP contribution in [0.4, 0.5) is 0 Å². The Balaban J connectivity index is 1.85. The maximum Gasteiger partial charge on any atom is 0.137 e. The van der Waals surface area contributed by atoms with Crippen LogP contribution in [0.5, 0.6) is 0 Å². The van der Waals surface area contributed by atoms with Crippen molar-refractivity contribution in [3.63, 3.8) is 0 Å². The van der Waals surface area contributed by atoms with Gasteiger partial charge in [-0.25, -0.2) is 4.68 Å². The van der Waals surface area contributed by atoms with Crippen LogP contribution in [0.2, 0.25) is 5.15 Å². The molecule has 21 heavy (non-hydrogen) atoms.